The number of carboxylic acids is 1. The normalized spacial score (nSPS) is 18.5. The molecule has 3 heterocycles. The lowest BCUT2D eigenvalue weighted by molar-refractivity contribution is 0.0695. The van der Waals surface area contributed by atoms with Gasteiger partial charge in [-0.2, -0.15) is 0 Å². The van der Waals surface area contributed by atoms with Gasteiger partial charge < -0.3 is 15.4 Å². The third-order valence-electron chi connectivity index (χ3n) is 5.49. The number of carbonyl (C=O) groups is 1. The quantitative estimate of drug-likeness (QED) is 0.634. The van der Waals surface area contributed by atoms with Crippen LogP contribution in [0.15, 0.2) is 54.6 Å². The van der Waals surface area contributed by atoms with E-state index in [1.54, 1.807) is 6.07 Å². The number of benzene rings is 2. The topological polar surface area (TPSA) is 65.1 Å². The molecule has 122 valence electrons. The second kappa shape index (κ2) is 5.28. The molecule has 5 heteroatoms. The first-order valence-electron chi connectivity index (χ1n) is 8.59. The van der Waals surface area contributed by atoms with E-state index >= 15 is 0 Å². The molecule has 3 N–H and O–H groups in total. The van der Waals surface area contributed by atoms with Gasteiger partial charge in [-0.3, -0.25) is 0 Å². The van der Waals surface area contributed by atoms with Crippen molar-refractivity contribution in [1.29, 1.82) is 0 Å². The molecule has 0 spiro atoms. The number of hydrogen-bond acceptors (Lipinski definition) is 2. The number of fused-ring (bicyclic) bond motifs is 3. The Morgan fingerprint density at radius 2 is 2.12 bits per heavy atom. The summed E-state index contributed by atoms with van der Waals surface area (Å²) in [5, 5.41) is 14.3. The number of aromatic carboxylic acids is 1. The minimum absolute atomic E-state index is 0.335. The molecule has 0 aliphatic carbocycles. The summed E-state index contributed by atoms with van der Waals surface area (Å²) < 4.78 is 0. The zero-order valence-corrected chi connectivity index (χ0v) is 13.6. The van der Waals surface area contributed by atoms with E-state index in [1.165, 1.54) is 10.9 Å². The highest BCUT2D eigenvalue weighted by Gasteiger charge is 2.36. The number of rotatable bonds is 2. The first kappa shape index (κ1) is 14.4. The van der Waals surface area contributed by atoms with Crippen LogP contribution >= 0.6 is 0 Å². The molecule has 3 aromatic rings. The van der Waals surface area contributed by atoms with Gasteiger partial charge in [-0.25, -0.2) is 4.79 Å². The van der Waals surface area contributed by atoms with Crippen LogP contribution < -0.4 is 5.32 Å². The van der Waals surface area contributed by atoms with Crippen LogP contribution in [-0.2, 0) is 12.7 Å². The summed E-state index contributed by atoms with van der Waals surface area (Å²) in [6.07, 6.45) is 3.60. The summed E-state index contributed by atoms with van der Waals surface area (Å²) >= 11 is 0. The van der Waals surface area contributed by atoms with Gasteiger partial charge in [-0.1, -0.05) is 30.2 Å². The third-order valence-corrected chi connectivity index (χ3v) is 5.49. The zero-order valence-electron chi connectivity index (χ0n) is 13.6. The molecule has 2 aliphatic rings. The Hall–Kier alpha value is -2.95. The monoisotopic (exact) mass is 328 g/mol. The Morgan fingerprint density at radius 3 is 3.00 bits per heavy atom. The lowest BCUT2D eigenvalue weighted by Crippen LogP contribution is -2.42. The maximum Gasteiger partial charge on any atom is 0.335 e. The van der Waals surface area contributed by atoms with Gasteiger partial charge in [0, 0.05) is 23.4 Å². The number of aromatic nitrogens is 1. The van der Waals surface area contributed by atoms with Gasteiger partial charge in [-0.15, -0.1) is 0 Å². The van der Waals surface area contributed by atoms with E-state index in [-0.39, 0.29) is 0 Å². The Kier molecular flexibility index (Phi) is 3.04. The van der Waals surface area contributed by atoms with Crippen LogP contribution in [0.3, 0.4) is 0 Å². The van der Waals surface area contributed by atoms with E-state index in [4.69, 9.17) is 0 Å². The summed E-state index contributed by atoms with van der Waals surface area (Å²) in [6.45, 7) is 0.335. The molecule has 2 aromatic carbocycles. The van der Waals surface area contributed by atoms with Crippen LogP contribution in [0.1, 0.15) is 27.0 Å². The summed E-state index contributed by atoms with van der Waals surface area (Å²) in [6, 6.07) is 14.1. The smallest absolute Gasteiger partial charge is 0.335 e. The third kappa shape index (κ3) is 2.27. The highest BCUT2D eigenvalue weighted by atomic mass is 16.4. The van der Waals surface area contributed by atoms with Gasteiger partial charge in [0.25, 0.3) is 0 Å². The number of nitrogens with one attached hydrogen (secondary N) is 2. The molecule has 25 heavy (non-hydrogen) atoms. The van der Waals surface area contributed by atoms with Crippen molar-refractivity contribution in [3.8, 4) is 0 Å². The largest absolute Gasteiger partial charge is 0.478 e. The molecule has 2 aliphatic heterocycles. The number of carboxylic acid groups (broad SMARTS) is 1. The van der Waals surface area contributed by atoms with Crippen LogP contribution in [0.5, 0.6) is 0 Å². The number of aromatic amines is 1. The fourth-order valence-electron chi connectivity index (χ4n) is 4.22. The summed E-state index contributed by atoms with van der Waals surface area (Å²) in [5.74, 6) is 1.78. The van der Waals surface area contributed by atoms with E-state index in [0.29, 0.717) is 18.2 Å². The van der Waals surface area contributed by atoms with E-state index < -0.39 is 5.97 Å². The summed E-state index contributed by atoms with van der Waals surface area (Å²) in [7, 11) is 0. The Bertz CT molecular complexity index is 1040. The van der Waals surface area contributed by atoms with Crippen molar-refractivity contribution < 1.29 is 9.90 Å². The molecule has 0 bridgehead atoms. The molecule has 1 atom stereocenters. The predicted molar refractivity (Wildman–Crippen MR) is 99.8 cm³/mol. The lowest BCUT2D eigenvalue weighted by atomic mass is 9.39. The number of hydrogen-bond donors (Lipinski definition) is 3. The van der Waals surface area contributed by atoms with Crippen molar-refractivity contribution in [2.45, 2.75) is 18.7 Å². The Morgan fingerprint density at radius 1 is 1.20 bits per heavy atom. The van der Waals surface area contributed by atoms with Crippen molar-refractivity contribution in [2.75, 3.05) is 0 Å². The molecule has 0 fully saturated rings. The van der Waals surface area contributed by atoms with Crippen LogP contribution in [0.2, 0.25) is 0 Å². The van der Waals surface area contributed by atoms with Crippen molar-refractivity contribution in [2.24, 2.45) is 0 Å². The van der Waals surface area contributed by atoms with Crippen molar-refractivity contribution in [3.63, 3.8) is 0 Å². The second-order valence-electron chi connectivity index (χ2n) is 6.93. The highest BCUT2D eigenvalue weighted by Crippen LogP contribution is 2.31. The molecule has 0 amide bonds. The average molecular weight is 328 g/mol. The SMILES string of the molecule is O=C(O)c1cccc2c1CB1C=C(c3ccc4cc[nH]c4c3)NC1C2. The highest BCUT2D eigenvalue weighted by molar-refractivity contribution is 6.68. The molecular formula is C20H17BN2O2. The Labute approximate surface area is 145 Å². The van der Waals surface area contributed by atoms with E-state index in [1.807, 2.05) is 12.3 Å². The first-order valence-corrected chi connectivity index (χ1v) is 8.59. The van der Waals surface area contributed by atoms with Crippen LogP contribution in [-0.4, -0.2) is 28.7 Å². The van der Waals surface area contributed by atoms with Gasteiger partial charge in [0.15, 0.2) is 6.71 Å². The maximum absolute atomic E-state index is 11.5. The van der Waals surface area contributed by atoms with Crippen LogP contribution in [0.4, 0.5) is 0 Å². The van der Waals surface area contributed by atoms with E-state index in [2.05, 4.69) is 46.6 Å². The number of H-pyrrole nitrogens is 1. The van der Waals surface area contributed by atoms with Crippen LogP contribution in [0.25, 0.3) is 16.6 Å². The molecule has 1 aromatic heterocycles. The zero-order chi connectivity index (χ0) is 17.0. The molecule has 0 radical (unpaired) electrons. The second-order valence-corrected chi connectivity index (χ2v) is 6.93. The van der Waals surface area contributed by atoms with Crippen molar-refractivity contribution in [3.05, 3.63) is 76.9 Å². The fraction of sp³-hybridized carbons (Fsp3) is 0.150. The predicted octanol–water partition coefficient (Wildman–Crippen LogP) is 3.09. The Balaban J connectivity index is 1.49. The first-order chi connectivity index (χ1) is 12.2. The molecule has 4 nitrogen and oxygen atoms in total. The lowest BCUT2D eigenvalue weighted by Gasteiger charge is -2.27. The summed E-state index contributed by atoms with van der Waals surface area (Å²) in [4.78, 5) is 14.8. The van der Waals surface area contributed by atoms with Gasteiger partial charge in [0.2, 0.25) is 0 Å². The summed E-state index contributed by atoms with van der Waals surface area (Å²) in [5.41, 5.74) is 6.05. The minimum atomic E-state index is -0.831. The molecule has 0 saturated heterocycles. The molecular weight excluding hydrogens is 311 g/mol. The van der Waals surface area contributed by atoms with Crippen LogP contribution in [0, 0.1) is 0 Å². The van der Waals surface area contributed by atoms with E-state index in [9.17, 15) is 9.90 Å². The van der Waals surface area contributed by atoms with Gasteiger partial charge in [0.1, 0.15) is 0 Å². The average Bonchev–Trinajstić information content (AvgIpc) is 3.24. The van der Waals surface area contributed by atoms with Crippen molar-refractivity contribution in [1.82, 2.24) is 10.3 Å². The standard InChI is InChI=1S/C20H17BN2O2/c24-20(25)15-3-1-2-13-9-19-21(10-16(13)15)11-18(23-19)14-5-4-12-6-7-22-17(12)8-14/h1-8,11,19,22-23H,9-10H2,(H,24,25). The van der Waals surface area contributed by atoms with Gasteiger partial charge in [-0.05, 0) is 53.0 Å². The van der Waals surface area contributed by atoms with Crippen molar-refractivity contribution >= 4 is 29.3 Å². The van der Waals surface area contributed by atoms with Gasteiger partial charge in [0.05, 0.1) is 5.56 Å². The van der Waals surface area contributed by atoms with Gasteiger partial charge >= 0.3 is 5.97 Å². The maximum atomic E-state index is 11.5. The molecule has 0 saturated carbocycles. The molecule has 5 rings (SSSR count). The fourth-order valence-corrected chi connectivity index (χ4v) is 4.22. The minimum Gasteiger partial charge on any atom is -0.478 e. The molecule has 1 unspecified atom stereocenters. The van der Waals surface area contributed by atoms with E-state index in [0.717, 1.165) is 35.1 Å².